The van der Waals surface area contributed by atoms with E-state index in [-0.39, 0.29) is 35.8 Å². The van der Waals surface area contributed by atoms with Crippen LogP contribution in [0.5, 0.6) is 0 Å². The molecular formula is C29H33FN6O3. The summed E-state index contributed by atoms with van der Waals surface area (Å²) in [4.78, 5) is 41.0. The van der Waals surface area contributed by atoms with Gasteiger partial charge >= 0.3 is 6.03 Å². The van der Waals surface area contributed by atoms with E-state index in [1.165, 1.54) is 24.0 Å². The van der Waals surface area contributed by atoms with Gasteiger partial charge in [-0.3, -0.25) is 4.79 Å². The number of anilines is 2. The molecule has 9 nitrogen and oxygen atoms in total. The quantitative estimate of drug-likeness (QED) is 0.641. The number of methoxy groups -OCH3 is 1. The van der Waals surface area contributed by atoms with Gasteiger partial charge in [0.1, 0.15) is 23.7 Å². The van der Waals surface area contributed by atoms with E-state index in [4.69, 9.17) is 4.74 Å². The SMILES string of the molecule is COC1C=CC2=C(CCN(C3CCN(c4cc(C(=O)N5CC(C)c6cc(F)ccc65)ncn4)CC3)C(=O)N2)C1. The van der Waals surface area contributed by atoms with Crippen molar-refractivity contribution in [3.63, 3.8) is 0 Å². The van der Waals surface area contributed by atoms with Gasteiger partial charge in [0, 0.05) is 69.1 Å². The average molecular weight is 533 g/mol. The van der Waals surface area contributed by atoms with Crippen LogP contribution in [-0.2, 0) is 4.74 Å². The fourth-order valence-electron chi connectivity index (χ4n) is 6.17. The molecule has 10 heteroatoms. The van der Waals surface area contributed by atoms with Crippen LogP contribution in [0.25, 0.3) is 0 Å². The molecule has 0 spiro atoms. The number of benzene rings is 1. The maximum Gasteiger partial charge on any atom is 0.322 e. The Hall–Kier alpha value is -3.79. The van der Waals surface area contributed by atoms with Crippen LogP contribution < -0.4 is 15.1 Å². The van der Waals surface area contributed by atoms with Gasteiger partial charge in [-0.05, 0) is 54.7 Å². The number of piperidine rings is 1. The van der Waals surface area contributed by atoms with E-state index in [0.717, 1.165) is 55.7 Å². The first-order valence-electron chi connectivity index (χ1n) is 13.6. The molecule has 0 radical (unpaired) electrons. The summed E-state index contributed by atoms with van der Waals surface area (Å²) in [5, 5.41) is 3.10. The number of urea groups is 1. The van der Waals surface area contributed by atoms with Crippen LogP contribution in [-0.4, -0.2) is 72.2 Å². The van der Waals surface area contributed by atoms with Crippen molar-refractivity contribution in [2.45, 2.75) is 50.7 Å². The van der Waals surface area contributed by atoms with E-state index >= 15 is 0 Å². The van der Waals surface area contributed by atoms with Crippen molar-refractivity contribution in [1.82, 2.24) is 20.2 Å². The summed E-state index contributed by atoms with van der Waals surface area (Å²) in [5.41, 5.74) is 4.03. The second-order valence-corrected chi connectivity index (χ2v) is 10.7. The number of halogens is 1. The summed E-state index contributed by atoms with van der Waals surface area (Å²) < 4.78 is 19.2. The Balaban J connectivity index is 1.10. The van der Waals surface area contributed by atoms with Crippen LogP contribution in [0.2, 0.25) is 0 Å². The lowest BCUT2D eigenvalue weighted by Gasteiger charge is -2.38. The molecular weight excluding hydrogens is 499 g/mol. The monoisotopic (exact) mass is 532 g/mol. The molecule has 204 valence electrons. The number of carbonyl (C=O) groups is 2. The largest absolute Gasteiger partial charge is 0.377 e. The number of allylic oxidation sites excluding steroid dienone is 1. The number of rotatable bonds is 4. The van der Waals surface area contributed by atoms with Gasteiger partial charge in [0.15, 0.2) is 0 Å². The van der Waals surface area contributed by atoms with E-state index in [2.05, 4.69) is 20.2 Å². The number of ether oxygens (including phenoxy) is 1. The smallest absolute Gasteiger partial charge is 0.322 e. The molecule has 2 unspecified atom stereocenters. The van der Waals surface area contributed by atoms with Crippen LogP contribution in [0.3, 0.4) is 0 Å². The van der Waals surface area contributed by atoms with Crippen LogP contribution >= 0.6 is 0 Å². The summed E-state index contributed by atoms with van der Waals surface area (Å²) in [6.45, 7) is 4.61. The Morgan fingerprint density at radius 2 is 1.97 bits per heavy atom. The Morgan fingerprint density at radius 1 is 1.15 bits per heavy atom. The zero-order chi connectivity index (χ0) is 27.1. The number of hydrogen-bond acceptors (Lipinski definition) is 6. The molecule has 3 amide bonds. The first-order valence-corrected chi connectivity index (χ1v) is 13.6. The summed E-state index contributed by atoms with van der Waals surface area (Å²) in [6, 6.07) is 6.38. The number of amides is 3. The van der Waals surface area contributed by atoms with Crippen LogP contribution in [0.4, 0.5) is 20.7 Å². The van der Waals surface area contributed by atoms with Crippen molar-refractivity contribution in [2.75, 3.05) is 43.1 Å². The zero-order valence-corrected chi connectivity index (χ0v) is 22.3. The summed E-state index contributed by atoms with van der Waals surface area (Å²) >= 11 is 0. The number of carbonyl (C=O) groups excluding carboxylic acids is 2. The van der Waals surface area contributed by atoms with Crippen molar-refractivity contribution in [3.05, 3.63) is 71.1 Å². The van der Waals surface area contributed by atoms with Gasteiger partial charge in [0.2, 0.25) is 0 Å². The Kier molecular flexibility index (Phi) is 6.80. The predicted molar refractivity (Wildman–Crippen MR) is 145 cm³/mol. The highest BCUT2D eigenvalue weighted by Gasteiger charge is 2.34. The third kappa shape index (κ3) is 4.89. The van der Waals surface area contributed by atoms with Crippen molar-refractivity contribution < 1.29 is 18.7 Å². The maximum atomic E-state index is 13.8. The highest BCUT2D eigenvalue weighted by molar-refractivity contribution is 6.06. The van der Waals surface area contributed by atoms with Crippen LogP contribution in [0.15, 0.2) is 54.0 Å². The first kappa shape index (κ1) is 25.5. The molecule has 1 N–H and O–H groups in total. The van der Waals surface area contributed by atoms with Crippen LogP contribution in [0, 0.1) is 5.82 Å². The summed E-state index contributed by atoms with van der Waals surface area (Å²) in [5.74, 6) is 0.238. The lowest BCUT2D eigenvalue weighted by molar-refractivity contribution is 0.0983. The number of hydrogen-bond donors (Lipinski definition) is 1. The summed E-state index contributed by atoms with van der Waals surface area (Å²) in [7, 11) is 1.71. The molecule has 6 rings (SSSR count). The molecule has 0 bridgehead atoms. The Labute approximate surface area is 227 Å². The van der Waals surface area contributed by atoms with E-state index < -0.39 is 0 Å². The molecule has 1 aromatic heterocycles. The number of fused-ring (bicyclic) bond motifs is 1. The second-order valence-electron chi connectivity index (χ2n) is 10.7. The van der Waals surface area contributed by atoms with Gasteiger partial charge in [-0.15, -0.1) is 0 Å². The third-order valence-electron chi connectivity index (χ3n) is 8.38. The van der Waals surface area contributed by atoms with Crippen molar-refractivity contribution >= 4 is 23.4 Å². The standard InChI is InChI=1S/C29H33FN6O3/c1-18-16-36(26-6-3-20(30)14-23(18)26)28(37)25-15-27(32-17-31-25)34-10-8-21(9-11-34)35-12-7-19-13-22(39-2)4-5-24(19)33-29(35)38/h3-6,14-15,17-18,21-22H,7-13,16H2,1-2H3,(H,33,38). The average Bonchev–Trinajstić information content (AvgIpc) is 3.18. The molecule has 1 aliphatic carbocycles. The molecule has 4 heterocycles. The predicted octanol–water partition coefficient (Wildman–Crippen LogP) is 3.99. The number of aromatic nitrogens is 2. The van der Waals surface area contributed by atoms with Crippen molar-refractivity contribution in [3.8, 4) is 0 Å². The molecule has 1 saturated heterocycles. The van der Waals surface area contributed by atoms with E-state index in [0.29, 0.717) is 24.6 Å². The van der Waals surface area contributed by atoms with E-state index in [9.17, 15) is 14.0 Å². The van der Waals surface area contributed by atoms with Crippen LogP contribution in [0.1, 0.15) is 54.6 Å². The molecule has 1 aromatic carbocycles. The lowest BCUT2D eigenvalue weighted by Crippen LogP contribution is -2.50. The van der Waals surface area contributed by atoms with Gasteiger partial charge in [-0.25, -0.2) is 19.2 Å². The fraction of sp³-hybridized carbons (Fsp3) is 0.448. The molecule has 39 heavy (non-hydrogen) atoms. The van der Waals surface area contributed by atoms with Gasteiger partial charge in [0.25, 0.3) is 5.91 Å². The lowest BCUT2D eigenvalue weighted by atomic mass is 9.97. The van der Waals surface area contributed by atoms with E-state index in [1.54, 1.807) is 24.1 Å². The molecule has 2 atom stereocenters. The number of nitrogens with zero attached hydrogens (tertiary/aromatic N) is 5. The fourth-order valence-corrected chi connectivity index (χ4v) is 6.17. The minimum absolute atomic E-state index is 0.0473. The second kappa shape index (κ2) is 10.4. The third-order valence-corrected chi connectivity index (χ3v) is 8.38. The van der Waals surface area contributed by atoms with E-state index in [1.807, 2.05) is 24.0 Å². The summed E-state index contributed by atoms with van der Waals surface area (Å²) in [6.07, 6.45) is 8.71. The maximum absolute atomic E-state index is 13.8. The molecule has 3 aliphatic heterocycles. The van der Waals surface area contributed by atoms with Gasteiger partial charge in [-0.1, -0.05) is 13.0 Å². The molecule has 2 aromatic rings. The normalized spacial score (nSPS) is 23.5. The number of nitrogens with one attached hydrogen (secondary N) is 1. The molecule has 1 fully saturated rings. The Morgan fingerprint density at radius 3 is 2.77 bits per heavy atom. The molecule has 4 aliphatic rings. The van der Waals surface area contributed by atoms with Gasteiger partial charge in [0.05, 0.1) is 6.10 Å². The molecule has 0 saturated carbocycles. The highest BCUT2D eigenvalue weighted by atomic mass is 19.1. The minimum atomic E-state index is -0.298. The highest BCUT2D eigenvalue weighted by Crippen LogP contribution is 2.37. The van der Waals surface area contributed by atoms with Crippen molar-refractivity contribution in [2.24, 2.45) is 0 Å². The minimum Gasteiger partial charge on any atom is -0.377 e. The topological polar surface area (TPSA) is 90.9 Å². The van der Waals surface area contributed by atoms with Crippen molar-refractivity contribution in [1.29, 1.82) is 0 Å². The van der Waals surface area contributed by atoms with Gasteiger partial charge in [-0.2, -0.15) is 0 Å². The Bertz CT molecular complexity index is 1350. The zero-order valence-electron chi connectivity index (χ0n) is 22.3. The first-order chi connectivity index (χ1) is 18.9. The van der Waals surface area contributed by atoms with Gasteiger partial charge < -0.3 is 24.8 Å².